The molecule has 2 heterocycles. The lowest BCUT2D eigenvalue weighted by Gasteiger charge is -2.11. The Morgan fingerprint density at radius 1 is 0.833 bits per heavy atom. The monoisotopic (exact) mass is 494 g/mol. The molecule has 0 bridgehead atoms. The SMILES string of the molecule is CCOC(=O)c1sc(NC(=O)c2ccc3nc(-c4ccccc4)c(-c4ccccc4)nc3c2)nc1C. The predicted molar refractivity (Wildman–Crippen MR) is 141 cm³/mol. The zero-order chi connectivity index (χ0) is 25.1. The number of carbonyl (C=O) groups excluding carboxylic acids is 2. The van der Waals surface area contributed by atoms with Crippen LogP contribution in [0.2, 0.25) is 0 Å². The number of thiazole rings is 1. The third kappa shape index (κ3) is 4.71. The smallest absolute Gasteiger partial charge is 0.350 e. The fourth-order valence-corrected chi connectivity index (χ4v) is 4.65. The average Bonchev–Trinajstić information content (AvgIpc) is 3.28. The minimum absolute atomic E-state index is 0.271. The highest BCUT2D eigenvalue weighted by Crippen LogP contribution is 2.31. The molecule has 3 aromatic carbocycles. The number of anilines is 1. The van der Waals surface area contributed by atoms with E-state index in [2.05, 4.69) is 10.3 Å². The molecule has 1 amide bonds. The average molecular weight is 495 g/mol. The Labute approximate surface area is 211 Å². The Bertz CT molecular complexity index is 1570. The number of aromatic nitrogens is 3. The van der Waals surface area contributed by atoms with Crippen molar-refractivity contribution in [3.63, 3.8) is 0 Å². The highest BCUT2D eigenvalue weighted by molar-refractivity contribution is 7.17. The number of amides is 1. The van der Waals surface area contributed by atoms with Crippen molar-refractivity contribution in [3.8, 4) is 22.5 Å². The van der Waals surface area contributed by atoms with Crippen molar-refractivity contribution in [1.29, 1.82) is 0 Å². The number of aryl methyl sites for hydroxylation is 1. The number of hydrogen-bond acceptors (Lipinski definition) is 7. The number of fused-ring (bicyclic) bond motifs is 1. The van der Waals surface area contributed by atoms with Crippen molar-refractivity contribution in [1.82, 2.24) is 15.0 Å². The zero-order valence-corrected chi connectivity index (χ0v) is 20.5. The third-order valence-corrected chi connectivity index (χ3v) is 6.55. The maximum absolute atomic E-state index is 13.0. The molecule has 36 heavy (non-hydrogen) atoms. The van der Waals surface area contributed by atoms with Crippen LogP contribution in [0.1, 0.15) is 32.6 Å². The molecule has 0 aliphatic carbocycles. The zero-order valence-electron chi connectivity index (χ0n) is 19.7. The van der Waals surface area contributed by atoms with Gasteiger partial charge in [-0.1, -0.05) is 72.0 Å². The largest absolute Gasteiger partial charge is 0.462 e. The molecule has 0 saturated heterocycles. The Morgan fingerprint density at radius 2 is 1.44 bits per heavy atom. The number of esters is 1. The second-order valence-electron chi connectivity index (χ2n) is 7.96. The Kier molecular flexibility index (Phi) is 6.51. The highest BCUT2D eigenvalue weighted by atomic mass is 32.1. The molecule has 5 rings (SSSR count). The van der Waals surface area contributed by atoms with Gasteiger partial charge in [-0.2, -0.15) is 0 Å². The van der Waals surface area contributed by atoms with Gasteiger partial charge in [-0.3, -0.25) is 10.1 Å². The van der Waals surface area contributed by atoms with Gasteiger partial charge < -0.3 is 4.74 Å². The Balaban J connectivity index is 1.51. The van der Waals surface area contributed by atoms with E-state index in [4.69, 9.17) is 14.7 Å². The van der Waals surface area contributed by atoms with E-state index in [1.165, 1.54) is 0 Å². The molecule has 8 heteroatoms. The van der Waals surface area contributed by atoms with E-state index in [1.54, 1.807) is 32.0 Å². The van der Waals surface area contributed by atoms with E-state index in [9.17, 15) is 9.59 Å². The molecule has 0 atom stereocenters. The second kappa shape index (κ2) is 10.1. The van der Waals surface area contributed by atoms with Crippen LogP contribution in [-0.2, 0) is 4.74 Å². The van der Waals surface area contributed by atoms with Crippen LogP contribution in [0.15, 0.2) is 78.9 Å². The van der Waals surface area contributed by atoms with E-state index in [1.807, 2.05) is 60.7 Å². The van der Waals surface area contributed by atoms with Crippen LogP contribution < -0.4 is 5.32 Å². The molecule has 0 fully saturated rings. The topological polar surface area (TPSA) is 94.1 Å². The van der Waals surface area contributed by atoms with Gasteiger partial charge >= 0.3 is 5.97 Å². The molecule has 0 saturated carbocycles. The highest BCUT2D eigenvalue weighted by Gasteiger charge is 2.19. The van der Waals surface area contributed by atoms with Gasteiger partial charge in [-0.15, -0.1) is 0 Å². The standard InChI is InChI=1S/C28H22N4O3S/c1-3-35-27(34)25-17(2)29-28(36-25)32-26(33)20-14-15-21-22(16-20)31-24(19-12-8-5-9-13-19)23(30-21)18-10-6-4-7-11-18/h4-16H,3H2,1-2H3,(H,29,32,33). The molecule has 0 aliphatic rings. The van der Waals surface area contributed by atoms with E-state index < -0.39 is 5.97 Å². The molecule has 2 aromatic heterocycles. The summed E-state index contributed by atoms with van der Waals surface area (Å²) in [6, 6.07) is 25.0. The Hall–Kier alpha value is -4.43. The molecule has 0 aliphatic heterocycles. The summed E-state index contributed by atoms with van der Waals surface area (Å²) in [4.78, 5) is 39.6. The maximum atomic E-state index is 13.0. The summed E-state index contributed by atoms with van der Waals surface area (Å²) >= 11 is 1.09. The summed E-state index contributed by atoms with van der Waals surface area (Å²) in [7, 11) is 0. The molecular weight excluding hydrogens is 472 g/mol. The number of hydrogen-bond donors (Lipinski definition) is 1. The number of nitrogens with one attached hydrogen (secondary N) is 1. The van der Waals surface area contributed by atoms with Gasteiger partial charge in [0, 0.05) is 16.7 Å². The van der Waals surface area contributed by atoms with Crippen LogP contribution in [0.3, 0.4) is 0 Å². The first-order valence-electron chi connectivity index (χ1n) is 11.4. The summed E-state index contributed by atoms with van der Waals surface area (Å²) in [6.45, 7) is 3.72. The number of nitrogens with zero attached hydrogens (tertiary/aromatic N) is 3. The molecule has 7 nitrogen and oxygen atoms in total. The van der Waals surface area contributed by atoms with Crippen LogP contribution in [0.5, 0.6) is 0 Å². The van der Waals surface area contributed by atoms with Crippen molar-refractivity contribution in [3.05, 3.63) is 95.0 Å². The quantitative estimate of drug-likeness (QED) is 0.284. The number of rotatable bonds is 6. The lowest BCUT2D eigenvalue weighted by Crippen LogP contribution is -2.11. The summed E-state index contributed by atoms with van der Waals surface area (Å²) < 4.78 is 5.05. The van der Waals surface area contributed by atoms with Gasteiger partial charge in [0.25, 0.3) is 5.91 Å². The van der Waals surface area contributed by atoms with Crippen LogP contribution >= 0.6 is 11.3 Å². The first-order valence-corrected chi connectivity index (χ1v) is 12.2. The maximum Gasteiger partial charge on any atom is 0.350 e. The summed E-state index contributed by atoms with van der Waals surface area (Å²) in [5.41, 5.74) is 5.61. The number of carbonyl (C=O) groups is 2. The van der Waals surface area contributed by atoms with Crippen LogP contribution in [0.4, 0.5) is 5.13 Å². The van der Waals surface area contributed by atoms with Crippen molar-refractivity contribution in [2.45, 2.75) is 13.8 Å². The number of ether oxygens (including phenoxy) is 1. The van der Waals surface area contributed by atoms with Crippen molar-refractivity contribution in [2.24, 2.45) is 0 Å². The molecule has 1 N–H and O–H groups in total. The van der Waals surface area contributed by atoms with Gasteiger partial charge in [0.1, 0.15) is 4.88 Å². The van der Waals surface area contributed by atoms with Gasteiger partial charge in [0.05, 0.1) is 34.7 Å². The first kappa shape index (κ1) is 23.3. The first-order chi connectivity index (χ1) is 17.5. The summed E-state index contributed by atoms with van der Waals surface area (Å²) in [5.74, 6) is -0.798. The van der Waals surface area contributed by atoms with Crippen LogP contribution in [0.25, 0.3) is 33.5 Å². The van der Waals surface area contributed by atoms with Crippen LogP contribution in [0, 0.1) is 6.92 Å². The van der Waals surface area contributed by atoms with E-state index >= 15 is 0 Å². The normalized spacial score (nSPS) is 10.8. The van der Waals surface area contributed by atoms with Gasteiger partial charge in [-0.05, 0) is 32.0 Å². The van der Waals surface area contributed by atoms with Crippen molar-refractivity contribution >= 4 is 39.4 Å². The van der Waals surface area contributed by atoms with Gasteiger partial charge in [-0.25, -0.2) is 19.7 Å². The predicted octanol–water partition coefficient (Wildman–Crippen LogP) is 6.16. The molecule has 178 valence electrons. The minimum atomic E-state index is -0.448. The molecule has 5 aromatic rings. The summed E-state index contributed by atoms with van der Waals surface area (Å²) in [5, 5.41) is 3.11. The fraction of sp³-hybridized carbons (Fsp3) is 0.107. The lowest BCUT2D eigenvalue weighted by molar-refractivity contribution is 0.0531. The van der Waals surface area contributed by atoms with E-state index in [0.29, 0.717) is 32.3 Å². The Morgan fingerprint density at radius 3 is 2.06 bits per heavy atom. The lowest BCUT2D eigenvalue weighted by atomic mass is 10.0. The third-order valence-electron chi connectivity index (χ3n) is 5.50. The summed E-state index contributed by atoms with van der Waals surface area (Å²) in [6.07, 6.45) is 0. The fourth-order valence-electron chi connectivity index (χ4n) is 3.80. The molecule has 0 unspecified atom stereocenters. The van der Waals surface area contributed by atoms with E-state index in [-0.39, 0.29) is 12.5 Å². The van der Waals surface area contributed by atoms with E-state index in [0.717, 1.165) is 33.9 Å². The minimum Gasteiger partial charge on any atom is -0.462 e. The molecule has 0 spiro atoms. The van der Waals surface area contributed by atoms with Gasteiger partial charge in [0.15, 0.2) is 5.13 Å². The molecule has 0 radical (unpaired) electrons. The van der Waals surface area contributed by atoms with Crippen molar-refractivity contribution in [2.75, 3.05) is 11.9 Å². The van der Waals surface area contributed by atoms with Crippen molar-refractivity contribution < 1.29 is 14.3 Å². The van der Waals surface area contributed by atoms with Crippen LogP contribution in [-0.4, -0.2) is 33.4 Å². The molecular formula is C28H22N4O3S. The van der Waals surface area contributed by atoms with Gasteiger partial charge in [0.2, 0.25) is 0 Å². The number of benzene rings is 3. The second-order valence-corrected chi connectivity index (χ2v) is 8.96.